The molecule has 0 aliphatic heterocycles. The molecule has 1 atom stereocenters. The zero-order valence-electron chi connectivity index (χ0n) is 15.8. The monoisotopic (exact) mass is 368 g/mol. The van der Waals surface area contributed by atoms with Gasteiger partial charge in [-0.25, -0.2) is 4.68 Å². The molecule has 0 fully saturated rings. The SMILES string of the molecule is [B]Cc1ccc(-c2ccccc2-c2nnnn2CC2C=CC(OC)=CC2)cc1. The molecule has 28 heavy (non-hydrogen) atoms. The van der Waals surface area contributed by atoms with Gasteiger partial charge in [0.15, 0.2) is 5.82 Å². The van der Waals surface area contributed by atoms with Gasteiger partial charge in [0.1, 0.15) is 5.76 Å². The Bertz CT molecular complexity index is 1010. The van der Waals surface area contributed by atoms with E-state index in [4.69, 9.17) is 12.6 Å². The van der Waals surface area contributed by atoms with Gasteiger partial charge in [0.2, 0.25) is 0 Å². The summed E-state index contributed by atoms with van der Waals surface area (Å²) in [6, 6.07) is 16.5. The first-order chi connectivity index (χ1) is 13.8. The Morgan fingerprint density at radius 3 is 2.57 bits per heavy atom. The molecule has 2 aromatic carbocycles. The highest BCUT2D eigenvalue weighted by atomic mass is 16.5. The van der Waals surface area contributed by atoms with Gasteiger partial charge in [-0.2, -0.15) is 0 Å². The van der Waals surface area contributed by atoms with E-state index in [1.165, 1.54) is 0 Å². The average Bonchev–Trinajstić information content (AvgIpc) is 3.22. The highest BCUT2D eigenvalue weighted by molar-refractivity contribution is 6.08. The van der Waals surface area contributed by atoms with Crippen LogP contribution < -0.4 is 0 Å². The molecular formula is C22H21BN4O. The summed E-state index contributed by atoms with van der Waals surface area (Å²) < 4.78 is 7.15. The van der Waals surface area contributed by atoms with Crippen molar-refractivity contribution in [3.8, 4) is 22.5 Å². The smallest absolute Gasteiger partial charge is 0.182 e. The van der Waals surface area contributed by atoms with Crippen LogP contribution in [0.2, 0.25) is 0 Å². The summed E-state index contributed by atoms with van der Waals surface area (Å²) in [5.74, 6) is 2.00. The van der Waals surface area contributed by atoms with Crippen LogP contribution in [0.15, 0.2) is 72.5 Å². The van der Waals surface area contributed by atoms with E-state index in [-0.39, 0.29) is 0 Å². The van der Waals surface area contributed by atoms with Gasteiger partial charge in [0, 0.05) is 11.5 Å². The van der Waals surface area contributed by atoms with E-state index in [1.807, 2.05) is 22.9 Å². The Kier molecular flexibility index (Phi) is 5.37. The van der Waals surface area contributed by atoms with Crippen LogP contribution in [-0.4, -0.2) is 35.2 Å². The molecule has 2 radical (unpaired) electrons. The lowest BCUT2D eigenvalue weighted by Gasteiger charge is -2.16. The molecule has 3 aromatic rings. The van der Waals surface area contributed by atoms with E-state index < -0.39 is 0 Å². The van der Waals surface area contributed by atoms with E-state index in [0.29, 0.717) is 18.8 Å². The van der Waals surface area contributed by atoms with Crippen LogP contribution >= 0.6 is 0 Å². The molecule has 0 saturated heterocycles. The predicted octanol–water partition coefficient (Wildman–Crippen LogP) is 3.78. The zero-order chi connectivity index (χ0) is 19.3. The summed E-state index contributed by atoms with van der Waals surface area (Å²) in [5.41, 5.74) is 4.34. The number of aromatic nitrogens is 4. The molecule has 138 valence electrons. The molecule has 1 aliphatic carbocycles. The summed E-state index contributed by atoms with van der Waals surface area (Å²) in [6.07, 6.45) is 7.70. The minimum absolute atomic E-state index is 0.331. The Labute approximate surface area is 166 Å². The van der Waals surface area contributed by atoms with Gasteiger partial charge in [0.25, 0.3) is 0 Å². The van der Waals surface area contributed by atoms with Gasteiger partial charge < -0.3 is 4.74 Å². The summed E-state index contributed by atoms with van der Waals surface area (Å²) >= 11 is 0. The predicted molar refractivity (Wildman–Crippen MR) is 110 cm³/mol. The van der Waals surface area contributed by atoms with Crippen LogP contribution in [0.3, 0.4) is 0 Å². The maximum absolute atomic E-state index is 5.72. The summed E-state index contributed by atoms with van der Waals surface area (Å²) in [5, 5.41) is 12.5. The van der Waals surface area contributed by atoms with Crippen LogP contribution in [0, 0.1) is 5.92 Å². The minimum atomic E-state index is 0.331. The molecule has 5 nitrogen and oxygen atoms in total. The van der Waals surface area contributed by atoms with Gasteiger partial charge in [-0.05, 0) is 40.1 Å². The Morgan fingerprint density at radius 1 is 1.11 bits per heavy atom. The Balaban J connectivity index is 1.63. The van der Waals surface area contributed by atoms with Crippen molar-refractivity contribution < 1.29 is 4.74 Å². The fourth-order valence-electron chi connectivity index (χ4n) is 3.42. The molecule has 0 saturated carbocycles. The number of hydrogen-bond donors (Lipinski definition) is 0. The molecule has 1 aromatic heterocycles. The first kappa shape index (κ1) is 18.2. The second-order valence-corrected chi connectivity index (χ2v) is 6.80. The third-order valence-electron chi connectivity index (χ3n) is 5.00. The molecule has 1 unspecified atom stereocenters. The number of allylic oxidation sites excluding steroid dienone is 3. The van der Waals surface area contributed by atoms with Crippen molar-refractivity contribution in [1.82, 2.24) is 20.2 Å². The first-order valence-electron chi connectivity index (χ1n) is 9.36. The topological polar surface area (TPSA) is 52.8 Å². The number of hydrogen-bond acceptors (Lipinski definition) is 4. The first-order valence-corrected chi connectivity index (χ1v) is 9.36. The molecule has 6 heteroatoms. The lowest BCUT2D eigenvalue weighted by Crippen LogP contribution is -2.13. The van der Waals surface area contributed by atoms with Gasteiger partial charge >= 0.3 is 0 Å². The van der Waals surface area contributed by atoms with Crippen LogP contribution in [-0.2, 0) is 17.6 Å². The fourth-order valence-corrected chi connectivity index (χ4v) is 3.42. The maximum Gasteiger partial charge on any atom is 0.182 e. The number of nitrogens with zero attached hydrogens (tertiary/aromatic N) is 4. The van der Waals surface area contributed by atoms with E-state index >= 15 is 0 Å². The standard InChI is InChI=1S/C22H21BN4O/c1-28-19-12-8-17(9-13-19)15-27-22(24-25-26-27)21-5-3-2-4-20(21)18-10-6-16(14-23)7-11-18/h2-8,10-13,17H,9,14-15H2,1H3. The van der Waals surface area contributed by atoms with Crippen LogP contribution in [0.25, 0.3) is 22.5 Å². The van der Waals surface area contributed by atoms with Crippen LogP contribution in [0.1, 0.15) is 12.0 Å². The van der Waals surface area contributed by atoms with Crippen molar-refractivity contribution in [3.63, 3.8) is 0 Å². The van der Waals surface area contributed by atoms with Crippen LogP contribution in [0.4, 0.5) is 0 Å². The quantitative estimate of drug-likeness (QED) is 0.622. The number of tetrazole rings is 1. The number of rotatable bonds is 6. The highest BCUT2D eigenvalue weighted by Crippen LogP contribution is 2.31. The summed E-state index contributed by atoms with van der Waals surface area (Å²) in [7, 11) is 7.41. The lowest BCUT2D eigenvalue weighted by molar-refractivity contribution is 0.300. The second-order valence-electron chi connectivity index (χ2n) is 6.80. The van der Waals surface area contributed by atoms with Crippen molar-refractivity contribution in [1.29, 1.82) is 0 Å². The highest BCUT2D eigenvalue weighted by Gasteiger charge is 2.17. The normalized spacial score (nSPS) is 16.0. The molecule has 0 bridgehead atoms. The number of benzene rings is 2. The fraction of sp³-hybridized carbons (Fsp3) is 0.227. The Hall–Kier alpha value is -3.15. The van der Waals surface area contributed by atoms with E-state index in [2.05, 4.69) is 64.1 Å². The van der Waals surface area contributed by atoms with Crippen molar-refractivity contribution in [2.45, 2.75) is 19.3 Å². The number of ether oxygens (including phenoxy) is 1. The average molecular weight is 368 g/mol. The van der Waals surface area contributed by atoms with Gasteiger partial charge in [-0.3, -0.25) is 0 Å². The second kappa shape index (κ2) is 8.25. The minimum Gasteiger partial charge on any atom is -0.497 e. The summed E-state index contributed by atoms with van der Waals surface area (Å²) in [6.45, 7) is 0.715. The van der Waals surface area contributed by atoms with E-state index in [0.717, 1.165) is 40.3 Å². The maximum atomic E-state index is 5.72. The van der Waals surface area contributed by atoms with E-state index in [1.54, 1.807) is 7.11 Å². The molecule has 0 amide bonds. The van der Waals surface area contributed by atoms with Gasteiger partial charge in [-0.15, -0.1) is 5.10 Å². The molecule has 1 heterocycles. The molecular weight excluding hydrogens is 347 g/mol. The van der Waals surface area contributed by atoms with Crippen molar-refractivity contribution >= 4 is 7.85 Å². The van der Waals surface area contributed by atoms with Gasteiger partial charge in [0.05, 0.1) is 21.5 Å². The van der Waals surface area contributed by atoms with Gasteiger partial charge in [-0.1, -0.05) is 66.5 Å². The van der Waals surface area contributed by atoms with E-state index in [9.17, 15) is 0 Å². The van der Waals surface area contributed by atoms with Crippen molar-refractivity contribution in [3.05, 3.63) is 78.1 Å². The summed E-state index contributed by atoms with van der Waals surface area (Å²) in [4.78, 5) is 0. The molecule has 1 aliphatic rings. The van der Waals surface area contributed by atoms with Crippen LogP contribution in [0.5, 0.6) is 0 Å². The lowest BCUT2D eigenvalue weighted by atomic mass is 9.93. The zero-order valence-corrected chi connectivity index (χ0v) is 15.8. The molecule has 4 rings (SSSR count). The Morgan fingerprint density at radius 2 is 1.89 bits per heavy atom. The molecule has 0 spiro atoms. The van der Waals surface area contributed by atoms with Crippen molar-refractivity contribution in [2.75, 3.05) is 7.11 Å². The van der Waals surface area contributed by atoms with Crippen molar-refractivity contribution in [2.24, 2.45) is 5.92 Å². The molecule has 0 N–H and O–H groups in total. The third kappa shape index (κ3) is 3.76. The number of methoxy groups -OCH3 is 1. The third-order valence-corrected chi connectivity index (χ3v) is 5.00. The largest absolute Gasteiger partial charge is 0.497 e.